The van der Waals surface area contributed by atoms with Crippen LogP contribution in [0.3, 0.4) is 0 Å². The molecule has 0 spiro atoms. The highest BCUT2D eigenvalue weighted by atomic mass is 35.5. The third kappa shape index (κ3) is 3.22. The Hall–Kier alpha value is -2.33. The molecular formula is C18H17ClN2O2. The van der Waals surface area contributed by atoms with Crippen molar-refractivity contribution in [1.82, 2.24) is 10.2 Å². The van der Waals surface area contributed by atoms with E-state index in [-0.39, 0.29) is 11.8 Å². The van der Waals surface area contributed by atoms with Crippen LogP contribution in [0.1, 0.15) is 27.5 Å². The van der Waals surface area contributed by atoms with Crippen molar-refractivity contribution in [1.29, 1.82) is 0 Å². The lowest BCUT2D eigenvalue weighted by molar-refractivity contribution is -0.128. The second-order valence-electron chi connectivity index (χ2n) is 5.61. The van der Waals surface area contributed by atoms with Crippen molar-refractivity contribution in [2.75, 3.05) is 13.1 Å². The number of hydrogen-bond acceptors (Lipinski definition) is 2. The lowest BCUT2D eigenvalue weighted by Crippen LogP contribution is -2.52. The molecule has 1 atom stereocenters. The number of halogens is 1. The SMILES string of the molecule is Cc1cccc(C2C(=O)NCCN2C(=O)c2ccc(Cl)cc2)c1. The van der Waals surface area contributed by atoms with E-state index in [2.05, 4.69) is 5.32 Å². The second kappa shape index (κ2) is 6.42. The standard InChI is InChI=1S/C18H17ClN2O2/c1-12-3-2-4-14(11-12)16-17(22)20-9-10-21(16)18(23)13-5-7-15(19)8-6-13/h2-8,11,16H,9-10H2,1H3,(H,20,22). The minimum Gasteiger partial charge on any atom is -0.352 e. The molecule has 1 fully saturated rings. The molecule has 1 aliphatic rings. The fraction of sp³-hybridized carbons (Fsp3) is 0.222. The molecule has 1 heterocycles. The van der Waals surface area contributed by atoms with Crippen LogP contribution in [-0.4, -0.2) is 29.8 Å². The van der Waals surface area contributed by atoms with Gasteiger partial charge >= 0.3 is 0 Å². The molecule has 0 bridgehead atoms. The summed E-state index contributed by atoms with van der Waals surface area (Å²) in [5, 5.41) is 3.42. The van der Waals surface area contributed by atoms with Crippen LogP contribution in [0.4, 0.5) is 0 Å². The van der Waals surface area contributed by atoms with Gasteiger partial charge in [-0.1, -0.05) is 41.4 Å². The van der Waals surface area contributed by atoms with Crippen LogP contribution in [0, 0.1) is 6.92 Å². The number of piperazine rings is 1. The first-order valence-electron chi connectivity index (χ1n) is 7.47. The minimum absolute atomic E-state index is 0.149. The van der Waals surface area contributed by atoms with Gasteiger partial charge in [0, 0.05) is 23.7 Å². The fourth-order valence-corrected chi connectivity index (χ4v) is 2.94. The first kappa shape index (κ1) is 15.6. The van der Waals surface area contributed by atoms with E-state index in [1.54, 1.807) is 29.2 Å². The molecule has 4 nitrogen and oxygen atoms in total. The average molecular weight is 329 g/mol. The highest BCUT2D eigenvalue weighted by Gasteiger charge is 2.34. The van der Waals surface area contributed by atoms with Crippen LogP contribution in [0.2, 0.25) is 5.02 Å². The Balaban J connectivity index is 1.96. The van der Waals surface area contributed by atoms with Crippen LogP contribution < -0.4 is 5.32 Å². The van der Waals surface area contributed by atoms with E-state index in [1.165, 1.54) is 0 Å². The number of benzene rings is 2. The largest absolute Gasteiger partial charge is 0.352 e. The van der Waals surface area contributed by atoms with Gasteiger partial charge in [0.25, 0.3) is 5.91 Å². The number of nitrogens with one attached hydrogen (secondary N) is 1. The van der Waals surface area contributed by atoms with Crippen molar-refractivity contribution in [3.05, 3.63) is 70.2 Å². The number of hydrogen-bond donors (Lipinski definition) is 1. The highest BCUT2D eigenvalue weighted by molar-refractivity contribution is 6.30. The molecule has 1 N–H and O–H groups in total. The molecule has 23 heavy (non-hydrogen) atoms. The summed E-state index contributed by atoms with van der Waals surface area (Å²) in [6, 6.07) is 13.8. The lowest BCUT2D eigenvalue weighted by Gasteiger charge is -2.35. The van der Waals surface area contributed by atoms with Gasteiger partial charge in [-0.2, -0.15) is 0 Å². The number of amides is 2. The van der Waals surface area contributed by atoms with Crippen LogP contribution in [0.15, 0.2) is 48.5 Å². The number of carbonyl (C=O) groups is 2. The Labute approximate surface area is 140 Å². The van der Waals surface area contributed by atoms with Crippen molar-refractivity contribution in [2.24, 2.45) is 0 Å². The zero-order chi connectivity index (χ0) is 16.4. The van der Waals surface area contributed by atoms with Gasteiger partial charge in [-0.05, 0) is 36.8 Å². The zero-order valence-electron chi connectivity index (χ0n) is 12.8. The third-order valence-electron chi connectivity index (χ3n) is 3.92. The van der Waals surface area contributed by atoms with Crippen LogP contribution >= 0.6 is 11.6 Å². The Morgan fingerprint density at radius 1 is 1.22 bits per heavy atom. The molecular weight excluding hydrogens is 312 g/mol. The maximum atomic E-state index is 12.8. The molecule has 0 saturated carbocycles. The molecule has 1 unspecified atom stereocenters. The highest BCUT2D eigenvalue weighted by Crippen LogP contribution is 2.26. The summed E-state index contributed by atoms with van der Waals surface area (Å²) in [6.45, 7) is 2.90. The van der Waals surface area contributed by atoms with Crippen molar-refractivity contribution < 1.29 is 9.59 Å². The first-order valence-corrected chi connectivity index (χ1v) is 7.85. The molecule has 2 amide bonds. The van der Waals surface area contributed by atoms with Gasteiger partial charge in [-0.25, -0.2) is 0 Å². The molecule has 5 heteroatoms. The van der Waals surface area contributed by atoms with Gasteiger partial charge in [0.15, 0.2) is 0 Å². The van der Waals surface area contributed by atoms with Crippen LogP contribution in [0.5, 0.6) is 0 Å². The fourth-order valence-electron chi connectivity index (χ4n) is 2.82. The number of rotatable bonds is 2. The molecule has 3 rings (SSSR count). The summed E-state index contributed by atoms with van der Waals surface area (Å²) < 4.78 is 0. The Morgan fingerprint density at radius 3 is 2.65 bits per heavy atom. The number of aryl methyl sites for hydroxylation is 1. The molecule has 0 radical (unpaired) electrons. The number of carbonyl (C=O) groups excluding carboxylic acids is 2. The van der Waals surface area contributed by atoms with E-state index in [4.69, 9.17) is 11.6 Å². The van der Waals surface area contributed by atoms with E-state index < -0.39 is 6.04 Å². The van der Waals surface area contributed by atoms with E-state index in [0.29, 0.717) is 23.7 Å². The third-order valence-corrected chi connectivity index (χ3v) is 4.17. The van der Waals surface area contributed by atoms with E-state index in [1.807, 2.05) is 31.2 Å². The van der Waals surface area contributed by atoms with Crippen molar-refractivity contribution >= 4 is 23.4 Å². The van der Waals surface area contributed by atoms with Gasteiger partial charge in [0.2, 0.25) is 5.91 Å². The predicted octanol–water partition coefficient (Wildman–Crippen LogP) is 2.96. The van der Waals surface area contributed by atoms with Gasteiger partial charge in [0.1, 0.15) is 6.04 Å². The summed E-state index contributed by atoms with van der Waals surface area (Å²) in [4.78, 5) is 26.8. The zero-order valence-corrected chi connectivity index (χ0v) is 13.5. The van der Waals surface area contributed by atoms with Crippen molar-refractivity contribution in [3.8, 4) is 0 Å². The van der Waals surface area contributed by atoms with E-state index >= 15 is 0 Å². The van der Waals surface area contributed by atoms with Gasteiger partial charge < -0.3 is 10.2 Å². The van der Waals surface area contributed by atoms with Crippen molar-refractivity contribution in [2.45, 2.75) is 13.0 Å². The van der Waals surface area contributed by atoms with Crippen LogP contribution in [-0.2, 0) is 4.79 Å². The molecule has 1 aliphatic heterocycles. The summed E-state index contributed by atoms with van der Waals surface area (Å²) in [6.07, 6.45) is 0. The summed E-state index contributed by atoms with van der Waals surface area (Å²) in [5.74, 6) is -0.313. The average Bonchev–Trinajstić information content (AvgIpc) is 2.54. The monoisotopic (exact) mass is 328 g/mol. The summed E-state index contributed by atoms with van der Waals surface area (Å²) in [7, 11) is 0. The maximum Gasteiger partial charge on any atom is 0.254 e. The second-order valence-corrected chi connectivity index (χ2v) is 6.05. The first-order chi connectivity index (χ1) is 11.1. The molecule has 118 valence electrons. The Bertz CT molecular complexity index is 743. The topological polar surface area (TPSA) is 49.4 Å². The van der Waals surface area contributed by atoms with E-state index in [9.17, 15) is 9.59 Å². The minimum atomic E-state index is -0.605. The van der Waals surface area contributed by atoms with Gasteiger partial charge in [0.05, 0.1) is 0 Å². The quantitative estimate of drug-likeness (QED) is 0.921. The maximum absolute atomic E-state index is 12.8. The normalized spacial score (nSPS) is 17.7. The number of nitrogens with zero attached hydrogens (tertiary/aromatic N) is 1. The lowest BCUT2D eigenvalue weighted by atomic mass is 9.99. The molecule has 2 aromatic carbocycles. The summed E-state index contributed by atoms with van der Waals surface area (Å²) in [5.41, 5.74) is 2.41. The van der Waals surface area contributed by atoms with Crippen LogP contribution in [0.25, 0.3) is 0 Å². The molecule has 0 aliphatic carbocycles. The van der Waals surface area contributed by atoms with E-state index in [0.717, 1.165) is 11.1 Å². The predicted molar refractivity (Wildman–Crippen MR) is 89.4 cm³/mol. The molecule has 2 aromatic rings. The summed E-state index contributed by atoms with van der Waals surface area (Å²) >= 11 is 5.88. The van der Waals surface area contributed by atoms with Crippen molar-refractivity contribution in [3.63, 3.8) is 0 Å². The molecule has 1 saturated heterocycles. The van der Waals surface area contributed by atoms with Gasteiger partial charge in [-0.3, -0.25) is 9.59 Å². The molecule has 0 aromatic heterocycles. The van der Waals surface area contributed by atoms with Gasteiger partial charge in [-0.15, -0.1) is 0 Å². The Kier molecular flexibility index (Phi) is 4.35. The Morgan fingerprint density at radius 2 is 1.96 bits per heavy atom. The smallest absolute Gasteiger partial charge is 0.254 e.